The lowest BCUT2D eigenvalue weighted by atomic mass is 10.1. The molecule has 0 radical (unpaired) electrons. The van der Waals surface area contributed by atoms with Crippen LogP contribution in [0.1, 0.15) is 5.56 Å². The monoisotopic (exact) mass is 356 g/mol. The highest BCUT2D eigenvalue weighted by molar-refractivity contribution is 8.00. The van der Waals surface area contributed by atoms with Crippen molar-refractivity contribution in [1.29, 1.82) is 0 Å². The third-order valence-corrected chi connectivity index (χ3v) is 4.60. The summed E-state index contributed by atoms with van der Waals surface area (Å²) in [5.74, 6) is 0.657. The molecule has 0 bridgehead atoms. The van der Waals surface area contributed by atoms with E-state index in [1.165, 1.54) is 11.8 Å². The van der Waals surface area contributed by atoms with Gasteiger partial charge in [0, 0.05) is 24.7 Å². The van der Waals surface area contributed by atoms with E-state index in [-0.39, 0.29) is 11.8 Å². The zero-order valence-corrected chi connectivity index (χ0v) is 14.5. The molecule has 1 saturated heterocycles. The number of halogens is 1. The summed E-state index contributed by atoms with van der Waals surface area (Å²) in [5, 5.41) is 3.56. The van der Waals surface area contributed by atoms with Gasteiger partial charge in [-0.3, -0.25) is 9.59 Å². The Morgan fingerprint density at radius 2 is 2.04 bits per heavy atom. The summed E-state index contributed by atoms with van der Waals surface area (Å²) in [6, 6.07) is 7.59. The van der Waals surface area contributed by atoms with Crippen molar-refractivity contribution in [3.8, 4) is 0 Å². The number of morpholine rings is 1. The van der Waals surface area contributed by atoms with Crippen molar-refractivity contribution in [2.24, 2.45) is 0 Å². The van der Waals surface area contributed by atoms with Gasteiger partial charge in [0.1, 0.15) is 0 Å². The highest BCUT2D eigenvalue weighted by Crippen LogP contribution is 2.10. The number of carbonyl (C=O) groups excluding carboxylic acids is 2. The molecule has 2 rings (SSSR count). The maximum atomic E-state index is 11.9. The van der Waals surface area contributed by atoms with Crippen LogP contribution in [0.5, 0.6) is 0 Å². The molecule has 0 unspecified atom stereocenters. The van der Waals surface area contributed by atoms with Crippen LogP contribution in [0.3, 0.4) is 0 Å². The summed E-state index contributed by atoms with van der Waals surface area (Å²) in [5.41, 5.74) is 1.09. The lowest BCUT2D eigenvalue weighted by Gasteiger charge is -2.26. The largest absolute Gasteiger partial charge is 0.378 e. The van der Waals surface area contributed by atoms with Gasteiger partial charge in [0.2, 0.25) is 11.8 Å². The lowest BCUT2D eigenvalue weighted by Crippen LogP contribution is -2.41. The number of hydrogen-bond donors (Lipinski definition) is 1. The Kier molecular flexibility index (Phi) is 7.71. The summed E-state index contributed by atoms with van der Waals surface area (Å²) in [7, 11) is 0. The highest BCUT2D eigenvalue weighted by atomic mass is 35.5. The van der Waals surface area contributed by atoms with Gasteiger partial charge in [-0.25, -0.2) is 0 Å². The normalized spacial score (nSPS) is 14.6. The summed E-state index contributed by atoms with van der Waals surface area (Å²) < 4.78 is 5.21. The molecule has 1 aliphatic heterocycles. The van der Waals surface area contributed by atoms with Gasteiger partial charge in [-0.15, -0.1) is 11.8 Å². The molecule has 1 aromatic carbocycles. The predicted molar refractivity (Wildman–Crippen MR) is 92.9 cm³/mol. The average molecular weight is 357 g/mol. The number of amides is 2. The Morgan fingerprint density at radius 1 is 1.26 bits per heavy atom. The van der Waals surface area contributed by atoms with Gasteiger partial charge < -0.3 is 15.0 Å². The molecule has 23 heavy (non-hydrogen) atoms. The van der Waals surface area contributed by atoms with E-state index < -0.39 is 0 Å². The van der Waals surface area contributed by atoms with Gasteiger partial charge in [0.25, 0.3) is 0 Å². The van der Waals surface area contributed by atoms with Crippen molar-refractivity contribution in [2.75, 3.05) is 44.4 Å². The maximum absolute atomic E-state index is 11.9. The molecule has 0 aromatic heterocycles. The molecule has 126 valence electrons. The van der Waals surface area contributed by atoms with Gasteiger partial charge in [0.05, 0.1) is 24.7 Å². The minimum atomic E-state index is -0.0493. The van der Waals surface area contributed by atoms with Crippen molar-refractivity contribution in [3.05, 3.63) is 34.9 Å². The van der Waals surface area contributed by atoms with E-state index in [4.69, 9.17) is 16.3 Å². The molecular formula is C16H21ClN2O3S. The smallest absolute Gasteiger partial charge is 0.232 e. The van der Waals surface area contributed by atoms with E-state index in [1.807, 2.05) is 24.3 Å². The fraction of sp³-hybridized carbons (Fsp3) is 0.500. The number of nitrogens with one attached hydrogen (secondary N) is 1. The van der Waals surface area contributed by atoms with Gasteiger partial charge in [-0.2, -0.15) is 0 Å². The molecule has 0 aliphatic carbocycles. The standard InChI is InChI=1S/C16H21ClN2O3S/c17-14-3-1-2-13(10-14)4-5-18-15(20)11-23-12-16(21)19-6-8-22-9-7-19/h1-3,10H,4-9,11-12H2,(H,18,20). The van der Waals surface area contributed by atoms with E-state index in [2.05, 4.69) is 5.32 Å². The van der Waals surface area contributed by atoms with E-state index in [1.54, 1.807) is 4.90 Å². The first-order chi connectivity index (χ1) is 11.1. The highest BCUT2D eigenvalue weighted by Gasteiger charge is 2.16. The molecule has 0 saturated carbocycles. The number of nitrogens with zero attached hydrogens (tertiary/aromatic N) is 1. The Morgan fingerprint density at radius 3 is 2.78 bits per heavy atom. The fourth-order valence-corrected chi connectivity index (χ4v) is 3.18. The fourth-order valence-electron chi connectivity index (χ4n) is 2.22. The Hall–Kier alpha value is -1.24. The topological polar surface area (TPSA) is 58.6 Å². The van der Waals surface area contributed by atoms with Gasteiger partial charge in [-0.05, 0) is 24.1 Å². The summed E-state index contributed by atoms with van der Waals surface area (Å²) in [6.07, 6.45) is 0.740. The number of thioether (sulfide) groups is 1. The SMILES string of the molecule is O=C(CSCC(=O)N1CCOCC1)NCCc1cccc(Cl)c1. The van der Waals surface area contributed by atoms with Crippen LogP contribution in [0.2, 0.25) is 5.02 Å². The van der Waals surface area contributed by atoms with E-state index in [0.717, 1.165) is 12.0 Å². The zero-order chi connectivity index (χ0) is 16.5. The number of carbonyl (C=O) groups is 2. The van der Waals surface area contributed by atoms with Crippen molar-refractivity contribution >= 4 is 35.2 Å². The van der Waals surface area contributed by atoms with Crippen molar-refractivity contribution in [1.82, 2.24) is 10.2 Å². The molecule has 1 fully saturated rings. The maximum Gasteiger partial charge on any atom is 0.232 e. The molecule has 0 spiro atoms. The van der Waals surface area contributed by atoms with E-state index >= 15 is 0 Å². The van der Waals surface area contributed by atoms with Crippen LogP contribution in [0.25, 0.3) is 0 Å². The average Bonchev–Trinajstić information content (AvgIpc) is 2.55. The molecule has 1 N–H and O–H groups in total. The van der Waals surface area contributed by atoms with Crippen LogP contribution in [0.15, 0.2) is 24.3 Å². The number of hydrogen-bond acceptors (Lipinski definition) is 4. The van der Waals surface area contributed by atoms with Crippen molar-refractivity contribution in [2.45, 2.75) is 6.42 Å². The number of benzene rings is 1. The van der Waals surface area contributed by atoms with Crippen LogP contribution in [-0.2, 0) is 20.7 Å². The molecule has 5 nitrogen and oxygen atoms in total. The summed E-state index contributed by atoms with van der Waals surface area (Å²) in [4.78, 5) is 25.5. The predicted octanol–water partition coefficient (Wildman–Crippen LogP) is 1.59. The molecule has 1 aliphatic rings. The lowest BCUT2D eigenvalue weighted by molar-refractivity contribution is -0.132. The molecule has 1 heterocycles. The van der Waals surface area contributed by atoms with Crippen molar-refractivity contribution < 1.29 is 14.3 Å². The molecule has 7 heteroatoms. The molecule has 2 amide bonds. The third-order valence-electron chi connectivity index (χ3n) is 3.45. The first kappa shape index (κ1) is 18.1. The van der Waals surface area contributed by atoms with Gasteiger partial charge in [0.15, 0.2) is 0 Å². The van der Waals surface area contributed by atoms with Crippen LogP contribution < -0.4 is 5.32 Å². The minimum Gasteiger partial charge on any atom is -0.378 e. The van der Waals surface area contributed by atoms with Crippen LogP contribution in [0.4, 0.5) is 0 Å². The number of rotatable bonds is 7. The summed E-state index contributed by atoms with van der Waals surface area (Å²) in [6.45, 7) is 3.05. The minimum absolute atomic E-state index is 0.0493. The zero-order valence-electron chi connectivity index (χ0n) is 12.9. The van der Waals surface area contributed by atoms with Gasteiger partial charge >= 0.3 is 0 Å². The second-order valence-electron chi connectivity index (χ2n) is 5.22. The van der Waals surface area contributed by atoms with E-state index in [0.29, 0.717) is 49.4 Å². The molecular weight excluding hydrogens is 336 g/mol. The summed E-state index contributed by atoms with van der Waals surface area (Å²) >= 11 is 7.26. The Labute approximate surface area is 145 Å². The van der Waals surface area contributed by atoms with Crippen molar-refractivity contribution in [3.63, 3.8) is 0 Å². The van der Waals surface area contributed by atoms with Gasteiger partial charge in [-0.1, -0.05) is 23.7 Å². The Balaban J connectivity index is 1.57. The quantitative estimate of drug-likeness (QED) is 0.806. The second kappa shape index (κ2) is 9.80. The second-order valence-corrected chi connectivity index (χ2v) is 6.64. The van der Waals surface area contributed by atoms with Crippen LogP contribution >= 0.6 is 23.4 Å². The Bertz CT molecular complexity index is 536. The first-order valence-electron chi connectivity index (χ1n) is 7.59. The van der Waals surface area contributed by atoms with Crippen LogP contribution in [0, 0.1) is 0 Å². The number of ether oxygens (including phenoxy) is 1. The third kappa shape index (κ3) is 6.81. The first-order valence-corrected chi connectivity index (χ1v) is 9.13. The van der Waals surface area contributed by atoms with Crippen LogP contribution in [-0.4, -0.2) is 61.1 Å². The van der Waals surface area contributed by atoms with E-state index in [9.17, 15) is 9.59 Å². The molecule has 1 aromatic rings. The molecule has 0 atom stereocenters.